The third kappa shape index (κ3) is 2.09. The monoisotopic (exact) mass is 219 g/mol. The van der Waals surface area contributed by atoms with Gasteiger partial charge in [0.05, 0.1) is 12.0 Å². The number of nitrogens with zero attached hydrogens (tertiary/aromatic N) is 1. The minimum absolute atomic E-state index is 0.0614. The fourth-order valence-electron chi connectivity index (χ4n) is 2.09. The number of hydrogen-bond donors (Lipinski definition) is 1. The average Bonchev–Trinajstić information content (AvgIpc) is 2.27. The molecule has 1 atom stereocenters. The minimum atomic E-state index is -0.322. The van der Waals surface area contributed by atoms with Crippen LogP contribution in [0, 0.1) is 0 Å². The van der Waals surface area contributed by atoms with Gasteiger partial charge in [0.2, 0.25) is 5.91 Å². The van der Waals surface area contributed by atoms with Crippen molar-refractivity contribution in [1.82, 2.24) is 4.90 Å². The van der Waals surface area contributed by atoms with E-state index in [1.807, 2.05) is 37.3 Å². The molecule has 1 N–H and O–H groups in total. The zero-order chi connectivity index (χ0) is 11.5. The molecular weight excluding hydrogens is 202 g/mol. The van der Waals surface area contributed by atoms with Gasteiger partial charge in [-0.05, 0) is 12.0 Å². The van der Waals surface area contributed by atoms with Crippen molar-refractivity contribution in [2.45, 2.75) is 25.4 Å². The van der Waals surface area contributed by atoms with Crippen LogP contribution < -0.4 is 0 Å². The van der Waals surface area contributed by atoms with Crippen molar-refractivity contribution in [2.75, 3.05) is 13.1 Å². The zero-order valence-corrected chi connectivity index (χ0v) is 9.47. The maximum absolute atomic E-state index is 12.1. The van der Waals surface area contributed by atoms with E-state index in [-0.39, 0.29) is 17.9 Å². The van der Waals surface area contributed by atoms with Crippen molar-refractivity contribution in [1.29, 1.82) is 0 Å². The van der Waals surface area contributed by atoms with Crippen LogP contribution in [0.15, 0.2) is 30.3 Å². The van der Waals surface area contributed by atoms with E-state index in [2.05, 4.69) is 0 Å². The van der Waals surface area contributed by atoms with Crippen LogP contribution in [0.4, 0.5) is 0 Å². The molecular formula is C13H17NO2. The van der Waals surface area contributed by atoms with Crippen LogP contribution in [-0.2, 0) is 4.79 Å². The number of aliphatic hydroxyl groups is 1. The number of carbonyl (C=O) groups excluding carboxylic acids is 1. The Balaban J connectivity index is 2.08. The third-order valence-corrected chi connectivity index (χ3v) is 3.08. The van der Waals surface area contributed by atoms with E-state index in [1.165, 1.54) is 0 Å². The van der Waals surface area contributed by atoms with E-state index in [1.54, 1.807) is 4.90 Å². The topological polar surface area (TPSA) is 40.5 Å². The Morgan fingerprint density at radius 2 is 2.06 bits per heavy atom. The summed E-state index contributed by atoms with van der Waals surface area (Å²) in [6.07, 6.45) is 0.479. The second-order valence-corrected chi connectivity index (χ2v) is 4.27. The Kier molecular flexibility index (Phi) is 3.25. The van der Waals surface area contributed by atoms with Crippen molar-refractivity contribution in [3.8, 4) is 0 Å². The Morgan fingerprint density at radius 1 is 1.44 bits per heavy atom. The lowest BCUT2D eigenvalue weighted by atomic mass is 9.93. The number of likely N-dealkylation sites (tertiary alicyclic amines) is 1. The standard InChI is InChI=1S/C13H17NO2/c1-2-12(10-6-4-3-5-7-10)13(16)14-8-11(15)9-14/h3-7,11-12,15H,2,8-9H2,1H3/t12-/m0/s1. The average molecular weight is 219 g/mol. The van der Waals surface area contributed by atoms with Crippen molar-refractivity contribution >= 4 is 5.91 Å². The van der Waals surface area contributed by atoms with Crippen LogP contribution in [0.1, 0.15) is 24.8 Å². The lowest BCUT2D eigenvalue weighted by Gasteiger charge is -2.38. The maximum Gasteiger partial charge on any atom is 0.230 e. The van der Waals surface area contributed by atoms with Crippen LogP contribution in [0.25, 0.3) is 0 Å². The number of amides is 1. The van der Waals surface area contributed by atoms with Gasteiger partial charge < -0.3 is 10.0 Å². The molecule has 3 heteroatoms. The fourth-order valence-corrected chi connectivity index (χ4v) is 2.09. The van der Waals surface area contributed by atoms with Crippen LogP contribution in [0.5, 0.6) is 0 Å². The van der Waals surface area contributed by atoms with Crippen LogP contribution in [-0.4, -0.2) is 35.1 Å². The molecule has 0 saturated carbocycles. The molecule has 3 nitrogen and oxygen atoms in total. The normalized spacial score (nSPS) is 18.0. The first-order valence-corrected chi connectivity index (χ1v) is 5.74. The highest BCUT2D eigenvalue weighted by molar-refractivity contribution is 5.84. The Hall–Kier alpha value is -1.35. The van der Waals surface area contributed by atoms with Gasteiger partial charge >= 0.3 is 0 Å². The van der Waals surface area contributed by atoms with Gasteiger partial charge in [-0.1, -0.05) is 37.3 Å². The number of carbonyl (C=O) groups is 1. The van der Waals surface area contributed by atoms with Gasteiger partial charge in [-0.25, -0.2) is 0 Å². The highest BCUT2D eigenvalue weighted by atomic mass is 16.3. The first-order chi connectivity index (χ1) is 7.72. The van der Waals surface area contributed by atoms with E-state index < -0.39 is 0 Å². The van der Waals surface area contributed by atoms with Gasteiger partial charge in [0.1, 0.15) is 0 Å². The molecule has 16 heavy (non-hydrogen) atoms. The quantitative estimate of drug-likeness (QED) is 0.834. The summed E-state index contributed by atoms with van der Waals surface area (Å²) in [7, 11) is 0. The number of rotatable bonds is 3. The molecule has 2 rings (SSSR count). The first kappa shape index (κ1) is 11.1. The molecule has 0 bridgehead atoms. The SMILES string of the molecule is CC[C@H](C(=O)N1CC(O)C1)c1ccccc1. The van der Waals surface area contributed by atoms with Gasteiger partial charge in [-0.15, -0.1) is 0 Å². The largest absolute Gasteiger partial charge is 0.389 e. The molecule has 0 aliphatic carbocycles. The summed E-state index contributed by atoms with van der Waals surface area (Å²) in [6, 6.07) is 9.84. The minimum Gasteiger partial charge on any atom is -0.389 e. The number of benzene rings is 1. The molecule has 1 aliphatic rings. The lowest BCUT2D eigenvalue weighted by molar-refractivity contribution is -0.143. The molecule has 0 spiro atoms. The highest BCUT2D eigenvalue weighted by Crippen LogP contribution is 2.24. The molecule has 1 aromatic carbocycles. The molecule has 0 aromatic heterocycles. The van der Waals surface area contributed by atoms with E-state index >= 15 is 0 Å². The summed E-state index contributed by atoms with van der Waals surface area (Å²) in [6.45, 7) is 3.00. The predicted molar refractivity (Wildman–Crippen MR) is 62.1 cm³/mol. The summed E-state index contributed by atoms with van der Waals surface area (Å²) >= 11 is 0. The van der Waals surface area contributed by atoms with Crippen LogP contribution in [0.3, 0.4) is 0 Å². The van der Waals surface area contributed by atoms with Gasteiger partial charge in [-0.2, -0.15) is 0 Å². The molecule has 1 aliphatic heterocycles. The predicted octanol–water partition coefficient (Wildman–Crippen LogP) is 1.38. The summed E-state index contributed by atoms with van der Waals surface area (Å²) in [5.74, 6) is 0.0766. The molecule has 1 aromatic rings. The molecule has 0 radical (unpaired) electrons. The van der Waals surface area contributed by atoms with Crippen LogP contribution >= 0.6 is 0 Å². The first-order valence-electron chi connectivity index (χ1n) is 5.74. The molecule has 0 unspecified atom stereocenters. The van der Waals surface area contributed by atoms with Crippen LogP contribution in [0.2, 0.25) is 0 Å². The Morgan fingerprint density at radius 3 is 2.56 bits per heavy atom. The zero-order valence-electron chi connectivity index (χ0n) is 9.47. The van der Waals surface area contributed by atoms with E-state index in [0.29, 0.717) is 13.1 Å². The number of hydrogen-bond acceptors (Lipinski definition) is 2. The maximum atomic E-state index is 12.1. The molecule has 86 valence electrons. The Bertz CT molecular complexity index is 357. The van der Waals surface area contributed by atoms with Crippen molar-refractivity contribution in [3.63, 3.8) is 0 Å². The molecule has 1 fully saturated rings. The lowest BCUT2D eigenvalue weighted by Crippen LogP contribution is -2.54. The number of aliphatic hydroxyl groups excluding tert-OH is 1. The van der Waals surface area contributed by atoms with E-state index in [0.717, 1.165) is 12.0 Å². The molecule has 1 saturated heterocycles. The van der Waals surface area contributed by atoms with Gasteiger partial charge in [-0.3, -0.25) is 4.79 Å². The summed E-state index contributed by atoms with van der Waals surface area (Å²) in [5.41, 5.74) is 1.07. The summed E-state index contributed by atoms with van der Waals surface area (Å²) < 4.78 is 0. The third-order valence-electron chi connectivity index (χ3n) is 3.08. The fraction of sp³-hybridized carbons (Fsp3) is 0.462. The molecule has 1 amide bonds. The number of β-amino-alcohol motifs (C(OH)–C–C–N with tert-alkyl or cyclic N) is 1. The smallest absolute Gasteiger partial charge is 0.230 e. The van der Waals surface area contributed by atoms with Crippen molar-refractivity contribution < 1.29 is 9.90 Å². The summed E-state index contributed by atoms with van der Waals surface area (Å²) in [4.78, 5) is 13.8. The van der Waals surface area contributed by atoms with Crippen molar-refractivity contribution in [3.05, 3.63) is 35.9 Å². The molecule has 1 heterocycles. The van der Waals surface area contributed by atoms with Crippen molar-refractivity contribution in [2.24, 2.45) is 0 Å². The van der Waals surface area contributed by atoms with E-state index in [4.69, 9.17) is 0 Å². The van der Waals surface area contributed by atoms with Gasteiger partial charge in [0.15, 0.2) is 0 Å². The second-order valence-electron chi connectivity index (χ2n) is 4.27. The Labute approximate surface area is 95.7 Å². The van der Waals surface area contributed by atoms with Gasteiger partial charge in [0, 0.05) is 13.1 Å². The highest BCUT2D eigenvalue weighted by Gasteiger charge is 2.32. The van der Waals surface area contributed by atoms with Gasteiger partial charge in [0.25, 0.3) is 0 Å². The second kappa shape index (κ2) is 4.66. The van der Waals surface area contributed by atoms with E-state index in [9.17, 15) is 9.90 Å². The summed E-state index contributed by atoms with van der Waals surface area (Å²) in [5, 5.41) is 9.20.